The number of likely N-dealkylation sites (tertiary alicyclic amines) is 1. The Morgan fingerprint density at radius 3 is 2.23 bits per heavy atom. The van der Waals surface area contributed by atoms with Crippen molar-refractivity contribution in [2.24, 2.45) is 5.92 Å². The van der Waals surface area contributed by atoms with Crippen molar-refractivity contribution in [1.82, 2.24) is 9.80 Å². The van der Waals surface area contributed by atoms with E-state index in [2.05, 4.69) is 0 Å². The van der Waals surface area contributed by atoms with Gasteiger partial charge in [-0.15, -0.1) is 0 Å². The van der Waals surface area contributed by atoms with Gasteiger partial charge in [-0.1, -0.05) is 0 Å². The maximum atomic E-state index is 12.7. The van der Waals surface area contributed by atoms with E-state index in [4.69, 9.17) is 9.47 Å². The highest BCUT2D eigenvalue weighted by Gasteiger charge is 2.46. The molecule has 2 saturated heterocycles. The quantitative estimate of drug-likeness (QED) is 0.382. The summed E-state index contributed by atoms with van der Waals surface area (Å²) in [5.41, 5.74) is 0.212. The van der Waals surface area contributed by atoms with Crippen molar-refractivity contribution in [3.8, 4) is 5.75 Å². The van der Waals surface area contributed by atoms with Gasteiger partial charge in [0.25, 0.3) is 0 Å². The highest BCUT2D eigenvalue weighted by molar-refractivity contribution is 6.53. The minimum Gasteiger partial charge on any atom is -0.497 e. The molecule has 0 bridgehead atoms. The number of carbonyl (C=O) groups excluding carboxylic acids is 5. The lowest BCUT2D eigenvalue weighted by Gasteiger charge is -2.31. The van der Waals surface area contributed by atoms with Gasteiger partial charge in [0.15, 0.2) is 0 Å². The van der Waals surface area contributed by atoms with Crippen LogP contribution in [0.5, 0.6) is 5.75 Å². The molecule has 30 heavy (non-hydrogen) atoms. The second kappa shape index (κ2) is 8.93. The van der Waals surface area contributed by atoms with Crippen LogP contribution >= 0.6 is 0 Å². The first-order valence-electron chi connectivity index (χ1n) is 9.65. The van der Waals surface area contributed by atoms with Gasteiger partial charge in [0.05, 0.1) is 25.3 Å². The van der Waals surface area contributed by atoms with Crippen LogP contribution in [0.1, 0.15) is 19.8 Å². The molecule has 1 aromatic rings. The summed E-state index contributed by atoms with van der Waals surface area (Å²) in [6, 6.07) is 5.20. The predicted molar refractivity (Wildman–Crippen MR) is 104 cm³/mol. The summed E-state index contributed by atoms with van der Waals surface area (Å²) in [5.74, 6) is -2.54. The number of rotatable bonds is 6. The van der Waals surface area contributed by atoms with E-state index in [1.165, 1.54) is 24.1 Å². The van der Waals surface area contributed by atoms with Gasteiger partial charge in [0, 0.05) is 13.1 Å². The largest absolute Gasteiger partial charge is 0.497 e. The maximum absolute atomic E-state index is 12.7. The number of hydrogen-bond donors (Lipinski definition) is 0. The Morgan fingerprint density at radius 1 is 1.03 bits per heavy atom. The van der Waals surface area contributed by atoms with Crippen LogP contribution in [-0.4, -0.2) is 72.9 Å². The highest BCUT2D eigenvalue weighted by atomic mass is 16.5. The van der Waals surface area contributed by atoms with E-state index < -0.39 is 30.3 Å². The molecule has 0 N–H and O–H groups in total. The third-order valence-electron chi connectivity index (χ3n) is 5.14. The number of esters is 1. The van der Waals surface area contributed by atoms with Gasteiger partial charge in [-0.05, 0) is 44.0 Å². The summed E-state index contributed by atoms with van der Waals surface area (Å²) in [6.45, 7) is 2.14. The van der Waals surface area contributed by atoms with Gasteiger partial charge < -0.3 is 14.4 Å². The first kappa shape index (κ1) is 21.3. The maximum Gasteiger partial charge on any atom is 0.339 e. The summed E-state index contributed by atoms with van der Waals surface area (Å²) in [7, 11) is 1.48. The summed E-state index contributed by atoms with van der Waals surface area (Å²) in [5, 5.41) is 0. The van der Waals surface area contributed by atoms with Crippen molar-refractivity contribution in [2.75, 3.05) is 38.3 Å². The van der Waals surface area contributed by atoms with Crippen LogP contribution in [0.3, 0.4) is 0 Å². The van der Waals surface area contributed by atoms with E-state index in [9.17, 15) is 24.0 Å². The lowest BCUT2D eigenvalue weighted by Crippen LogP contribution is -2.47. The molecule has 2 fully saturated rings. The van der Waals surface area contributed by atoms with Crippen LogP contribution in [-0.2, 0) is 23.9 Å². The Kier molecular flexibility index (Phi) is 6.34. The summed E-state index contributed by atoms with van der Waals surface area (Å²) in [4.78, 5) is 64.6. The lowest BCUT2D eigenvalue weighted by molar-refractivity contribution is -0.151. The first-order valence-corrected chi connectivity index (χ1v) is 9.65. The summed E-state index contributed by atoms with van der Waals surface area (Å²) >= 11 is 0. The number of ether oxygens (including phenoxy) is 2. The molecule has 10 nitrogen and oxygen atoms in total. The fourth-order valence-corrected chi connectivity index (χ4v) is 3.46. The molecule has 0 saturated carbocycles. The number of piperidine rings is 1. The smallest absolute Gasteiger partial charge is 0.339 e. The standard InChI is InChI=1S/C20H23N3O7/c1-3-30-19(27)13-8-10-21(11-9-13)16(24)12-22-17(25)18(26)23(20(22)28)14-4-6-15(29-2)7-5-14/h4-7,13H,3,8-12H2,1-2H3. The Hall–Kier alpha value is -3.43. The number of hydrogen-bond acceptors (Lipinski definition) is 7. The molecule has 2 heterocycles. The molecule has 2 aliphatic rings. The van der Waals surface area contributed by atoms with Gasteiger partial charge in [0.1, 0.15) is 12.3 Å². The van der Waals surface area contributed by atoms with Crippen LogP contribution in [0.4, 0.5) is 10.5 Å². The van der Waals surface area contributed by atoms with Crippen molar-refractivity contribution >= 4 is 35.4 Å². The average Bonchev–Trinajstić information content (AvgIpc) is 2.97. The molecule has 3 rings (SSSR count). The van der Waals surface area contributed by atoms with Crippen molar-refractivity contribution in [1.29, 1.82) is 0 Å². The zero-order chi connectivity index (χ0) is 21.8. The van der Waals surface area contributed by atoms with Gasteiger partial charge in [-0.3, -0.25) is 19.2 Å². The number of methoxy groups -OCH3 is 1. The number of nitrogens with zero attached hydrogens (tertiary/aromatic N) is 3. The Balaban J connectivity index is 1.63. The van der Waals surface area contributed by atoms with Crippen LogP contribution in [0.25, 0.3) is 0 Å². The van der Waals surface area contributed by atoms with E-state index in [0.717, 1.165) is 4.90 Å². The molecule has 160 valence electrons. The third-order valence-corrected chi connectivity index (χ3v) is 5.14. The SMILES string of the molecule is CCOC(=O)C1CCN(C(=O)CN2C(=O)C(=O)N(c3ccc(OC)cc3)C2=O)CC1. The number of anilines is 1. The van der Waals surface area contributed by atoms with Crippen molar-refractivity contribution in [2.45, 2.75) is 19.8 Å². The zero-order valence-corrected chi connectivity index (χ0v) is 16.8. The van der Waals surface area contributed by atoms with Crippen molar-refractivity contribution in [3.63, 3.8) is 0 Å². The molecule has 5 amide bonds. The minimum absolute atomic E-state index is 0.212. The molecule has 0 aromatic heterocycles. The average molecular weight is 417 g/mol. The fraction of sp³-hybridized carbons (Fsp3) is 0.450. The van der Waals surface area contributed by atoms with Crippen LogP contribution in [0.15, 0.2) is 24.3 Å². The fourth-order valence-electron chi connectivity index (χ4n) is 3.46. The summed E-state index contributed by atoms with van der Waals surface area (Å²) < 4.78 is 10.0. The second-order valence-electron chi connectivity index (χ2n) is 6.92. The molecule has 0 unspecified atom stereocenters. The second-order valence-corrected chi connectivity index (χ2v) is 6.92. The Labute approximate surface area is 173 Å². The van der Waals surface area contributed by atoms with E-state index in [1.54, 1.807) is 19.1 Å². The molecule has 0 radical (unpaired) electrons. The lowest BCUT2D eigenvalue weighted by atomic mass is 9.97. The summed E-state index contributed by atoms with van der Waals surface area (Å²) in [6.07, 6.45) is 0.896. The normalized spacial score (nSPS) is 17.5. The van der Waals surface area contributed by atoms with Crippen molar-refractivity contribution in [3.05, 3.63) is 24.3 Å². The van der Waals surface area contributed by atoms with E-state index >= 15 is 0 Å². The number of benzene rings is 1. The van der Waals surface area contributed by atoms with Crippen LogP contribution in [0.2, 0.25) is 0 Å². The molecule has 0 atom stereocenters. The monoisotopic (exact) mass is 417 g/mol. The molecule has 2 aliphatic heterocycles. The van der Waals surface area contributed by atoms with E-state index in [0.29, 0.717) is 43.2 Å². The molecular weight excluding hydrogens is 394 g/mol. The molecule has 1 aromatic carbocycles. The molecule has 0 spiro atoms. The van der Waals surface area contributed by atoms with Gasteiger partial charge in [-0.25, -0.2) is 14.6 Å². The number of urea groups is 1. The molecule has 0 aliphatic carbocycles. The van der Waals surface area contributed by atoms with Crippen LogP contribution < -0.4 is 9.64 Å². The molecule has 10 heteroatoms. The molecular formula is C20H23N3O7. The Morgan fingerprint density at radius 2 is 1.67 bits per heavy atom. The van der Waals surface area contributed by atoms with Gasteiger partial charge in [0.2, 0.25) is 5.91 Å². The van der Waals surface area contributed by atoms with E-state index in [-0.39, 0.29) is 17.6 Å². The third kappa shape index (κ3) is 4.12. The number of amides is 5. The van der Waals surface area contributed by atoms with Crippen LogP contribution in [0, 0.1) is 5.92 Å². The first-order chi connectivity index (χ1) is 14.4. The van der Waals surface area contributed by atoms with Gasteiger partial charge in [-0.2, -0.15) is 0 Å². The highest BCUT2D eigenvalue weighted by Crippen LogP contribution is 2.25. The number of imide groups is 2. The Bertz CT molecular complexity index is 860. The van der Waals surface area contributed by atoms with Gasteiger partial charge >= 0.3 is 23.8 Å². The number of carbonyl (C=O) groups is 5. The minimum atomic E-state index is -1.05. The van der Waals surface area contributed by atoms with E-state index in [1.807, 2.05) is 0 Å². The predicted octanol–water partition coefficient (Wildman–Crippen LogP) is 0.792. The zero-order valence-electron chi connectivity index (χ0n) is 16.8. The van der Waals surface area contributed by atoms with Crippen molar-refractivity contribution < 1.29 is 33.4 Å². The topological polar surface area (TPSA) is 114 Å².